The van der Waals surface area contributed by atoms with Crippen molar-refractivity contribution in [1.82, 2.24) is 9.97 Å². The molecule has 1 aliphatic carbocycles. The summed E-state index contributed by atoms with van der Waals surface area (Å²) in [6.07, 6.45) is 6.38. The summed E-state index contributed by atoms with van der Waals surface area (Å²) in [7, 11) is 0. The lowest BCUT2D eigenvalue weighted by Gasteiger charge is -2.24. The van der Waals surface area contributed by atoms with Crippen molar-refractivity contribution in [3.8, 4) is 10.4 Å². The van der Waals surface area contributed by atoms with Crippen molar-refractivity contribution < 1.29 is 9.90 Å². The lowest BCUT2D eigenvalue weighted by Crippen LogP contribution is -2.12. The van der Waals surface area contributed by atoms with Crippen molar-refractivity contribution in [2.24, 2.45) is 5.92 Å². The lowest BCUT2D eigenvalue weighted by molar-refractivity contribution is 0.0697. The zero-order chi connectivity index (χ0) is 19.7. The molecule has 0 amide bonds. The van der Waals surface area contributed by atoms with E-state index in [9.17, 15) is 9.90 Å². The van der Waals surface area contributed by atoms with Gasteiger partial charge in [-0.05, 0) is 42.7 Å². The van der Waals surface area contributed by atoms with Crippen molar-refractivity contribution in [2.45, 2.75) is 45.4 Å². The van der Waals surface area contributed by atoms with Crippen LogP contribution in [0.4, 0.5) is 10.9 Å². The molecule has 1 fully saturated rings. The third-order valence-corrected chi connectivity index (χ3v) is 6.89. The molecule has 3 heterocycles. The molecule has 28 heavy (non-hydrogen) atoms. The molecule has 0 radical (unpaired) electrons. The number of nitrogens with one attached hydrogen (secondary N) is 1. The van der Waals surface area contributed by atoms with Gasteiger partial charge in [-0.2, -0.15) is 0 Å². The van der Waals surface area contributed by atoms with Gasteiger partial charge in [0.2, 0.25) is 0 Å². The largest absolute Gasteiger partial charge is 0.478 e. The molecule has 0 aliphatic heterocycles. The van der Waals surface area contributed by atoms with Gasteiger partial charge in [-0.3, -0.25) is 0 Å². The summed E-state index contributed by atoms with van der Waals surface area (Å²) in [6, 6.07) is 5.59. The summed E-state index contributed by atoms with van der Waals surface area (Å²) in [5, 5.41) is 15.6. The molecule has 3 aromatic rings. The van der Waals surface area contributed by atoms with Crippen LogP contribution in [-0.2, 0) is 6.42 Å². The van der Waals surface area contributed by atoms with Gasteiger partial charge in [0.1, 0.15) is 11.4 Å². The summed E-state index contributed by atoms with van der Waals surface area (Å²) in [6.45, 7) is 4.43. The first-order valence-electron chi connectivity index (χ1n) is 9.55. The van der Waals surface area contributed by atoms with Crippen LogP contribution in [0.25, 0.3) is 10.4 Å². The number of carboxylic acid groups (broad SMARTS) is 1. The Kier molecular flexibility index (Phi) is 5.46. The number of aromatic nitrogens is 2. The fourth-order valence-electron chi connectivity index (χ4n) is 3.34. The number of pyridine rings is 1. The zero-order valence-corrected chi connectivity index (χ0v) is 17.6. The maximum atomic E-state index is 11.8. The van der Waals surface area contributed by atoms with Crippen LogP contribution in [0.5, 0.6) is 0 Å². The fourth-order valence-corrected chi connectivity index (χ4v) is 5.31. The lowest BCUT2D eigenvalue weighted by atomic mass is 9.82. The molecular formula is C21H23N3O2S2. The number of anilines is 2. The normalized spacial score (nSPS) is 14.2. The van der Waals surface area contributed by atoms with E-state index in [-0.39, 0.29) is 5.56 Å². The molecule has 0 atom stereocenters. The summed E-state index contributed by atoms with van der Waals surface area (Å²) >= 11 is 3.20. The van der Waals surface area contributed by atoms with E-state index >= 15 is 0 Å². The Morgan fingerprint density at radius 3 is 2.82 bits per heavy atom. The minimum Gasteiger partial charge on any atom is -0.478 e. The number of rotatable bonds is 7. The van der Waals surface area contributed by atoms with Gasteiger partial charge in [0.15, 0.2) is 5.13 Å². The highest BCUT2D eigenvalue weighted by atomic mass is 32.1. The average molecular weight is 414 g/mol. The number of aromatic carboxylic acids is 1. The van der Waals surface area contributed by atoms with Crippen molar-refractivity contribution >= 4 is 39.6 Å². The van der Waals surface area contributed by atoms with Crippen LogP contribution < -0.4 is 5.32 Å². The minimum absolute atomic E-state index is 0.164. The van der Waals surface area contributed by atoms with Crippen LogP contribution in [0.1, 0.15) is 60.0 Å². The average Bonchev–Trinajstić information content (AvgIpc) is 3.24. The molecule has 2 N–H and O–H groups in total. The van der Waals surface area contributed by atoms with Crippen LogP contribution in [0, 0.1) is 5.92 Å². The SMILES string of the molecule is CC(C)Cc1sc(Nc2ncc(-c3cccs3)cc2C(=O)O)nc1C1CCC1. The molecule has 0 bridgehead atoms. The Balaban J connectivity index is 1.65. The van der Waals surface area contributed by atoms with Gasteiger partial charge >= 0.3 is 5.97 Å². The molecule has 146 valence electrons. The van der Waals surface area contributed by atoms with Gasteiger partial charge in [0, 0.05) is 27.4 Å². The predicted molar refractivity (Wildman–Crippen MR) is 115 cm³/mol. The minimum atomic E-state index is -0.994. The number of hydrogen-bond acceptors (Lipinski definition) is 6. The molecule has 5 nitrogen and oxygen atoms in total. The van der Waals surface area contributed by atoms with Crippen LogP contribution >= 0.6 is 22.7 Å². The van der Waals surface area contributed by atoms with Gasteiger partial charge in [-0.15, -0.1) is 22.7 Å². The second kappa shape index (κ2) is 8.01. The van der Waals surface area contributed by atoms with E-state index in [1.54, 1.807) is 34.9 Å². The van der Waals surface area contributed by atoms with E-state index in [2.05, 4.69) is 24.1 Å². The number of thiophene rings is 1. The summed E-state index contributed by atoms with van der Waals surface area (Å²) in [5.41, 5.74) is 2.17. The van der Waals surface area contributed by atoms with E-state index < -0.39 is 5.97 Å². The third kappa shape index (κ3) is 3.95. The summed E-state index contributed by atoms with van der Waals surface area (Å²) in [5.74, 6) is 0.461. The van der Waals surface area contributed by atoms with Gasteiger partial charge < -0.3 is 10.4 Å². The van der Waals surface area contributed by atoms with E-state index in [1.165, 1.54) is 29.8 Å². The molecule has 3 aromatic heterocycles. The first-order valence-corrected chi connectivity index (χ1v) is 11.2. The van der Waals surface area contributed by atoms with Crippen LogP contribution in [-0.4, -0.2) is 21.0 Å². The number of nitrogens with zero attached hydrogens (tertiary/aromatic N) is 2. The molecule has 0 saturated heterocycles. The fraction of sp³-hybridized carbons (Fsp3) is 0.381. The van der Waals surface area contributed by atoms with Crippen molar-refractivity contribution in [1.29, 1.82) is 0 Å². The van der Waals surface area contributed by atoms with Crippen LogP contribution in [0.2, 0.25) is 0 Å². The second-order valence-electron chi connectivity index (χ2n) is 7.58. The van der Waals surface area contributed by atoms with Crippen molar-refractivity contribution in [3.63, 3.8) is 0 Å². The Hall–Kier alpha value is -2.25. The summed E-state index contributed by atoms with van der Waals surface area (Å²) in [4.78, 5) is 23.4. The predicted octanol–water partition coefficient (Wildman–Crippen LogP) is 6.17. The molecule has 0 spiro atoms. The highest BCUT2D eigenvalue weighted by molar-refractivity contribution is 7.15. The van der Waals surface area contributed by atoms with Crippen molar-refractivity contribution in [2.75, 3.05) is 5.32 Å². The quantitative estimate of drug-likeness (QED) is 0.484. The standard InChI is InChI=1S/C21H23N3O2S2/c1-12(2)9-17-18(13-5-3-6-13)23-21(28-17)24-19-15(20(25)26)10-14(11-22-19)16-7-4-8-27-16/h4,7-8,10-13H,3,5-6,9H2,1-2H3,(H,25,26)(H,22,23,24). The molecule has 0 aromatic carbocycles. The van der Waals surface area contributed by atoms with E-state index in [0.717, 1.165) is 22.0 Å². The first-order chi connectivity index (χ1) is 13.5. The number of thiazole rings is 1. The highest BCUT2D eigenvalue weighted by Crippen LogP contribution is 2.41. The smallest absolute Gasteiger partial charge is 0.339 e. The maximum absolute atomic E-state index is 11.8. The molecule has 7 heteroatoms. The Morgan fingerprint density at radius 1 is 1.39 bits per heavy atom. The maximum Gasteiger partial charge on any atom is 0.339 e. The Morgan fingerprint density at radius 2 is 2.21 bits per heavy atom. The summed E-state index contributed by atoms with van der Waals surface area (Å²) < 4.78 is 0. The second-order valence-corrected chi connectivity index (χ2v) is 9.61. The Bertz CT molecular complexity index is 976. The molecular weight excluding hydrogens is 390 g/mol. The first kappa shape index (κ1) is 19.1. The molecule has 0 unspecified atom stereocenters. The molecule has 1 aliphatic rings. The topological polar surface area (TPSA) is 75.1 Å². The van der Waals surface area contributed by atoms with Crippen LogP contribution in [0.3, 0.4) is 0 Å². The molecule has 4 rings (SSSR count). The Labute approximate surface area is 172 Å². The van der Waals surface area contributed by atoms with Gasteiger partial charge in [-0.1, -0.05) is 26.3 Å². The third-order valence-electron chi connectivity index (χ3n) is 4.96. The zero-order valence-electron chi connectivity index (χ0n) is 15.9. The highest BCUT2D eigenvalue weighted by Gasteiger charge is 2.27. The van der Waals surface area contributed by atoms with E-state index in [1.807, 2.05) is 17.5 Å². The number of hydrogen-bond donors (Lipinski definition) is 2. The van der Waals surface area contributed by atoms with Gasteiger partial charge in [0.05, 0.1) is 5.69 Å². The van der Waals surface area contributed by atoms with Crippen LogP contribution in [0.15, 0.2) is 29.8 Å². The van der Waals surface area contributed by atoms with E-state index in [4.69, 9.17) is 4.98 Å². The number of carboxylic acids is 1. The van der Waals surface area contributed by atoms with Gasteiger partial charge in [-0.25, -0.2) is 14.8 Å². The molecule has 1 saturated carbocycles. The van der Waals surface area contributed by atoms with Gasteiger partial charge in [0.25, 0.3) is 0 Å². The van der Waals surface area contributed by atoms with Crippen molar-refractivity contribution in [3.05, 3.63) is 45.9 Å². The monoisotopic (exact) mass is 413 g/mol. The number of carbonyl (C=O) groups is 1. The van der Waals surface area contributed by atoms with E-state index in [0.29, 0.717) is 17.7 Å².